The molecule has 3 saturated heterocycles. The highest BCUT2D eigenvalue weighted by atomic mass is 28.5. The monoisotopic (exact) mass is 1290 g/mol. The van der Waals surface area contributed by atoms with Crippen LogP contribution < -0.4 is 55.8 Å². The second-order valence-corrected chi connectivity index (χ2v) is 62.8. The highest BCUT2D eigenvalue weighted by molar-refractivity contribution is 7.03. The predicted octanol–water partition coefficient (Wildman–Crippen LogP) is 3.90. The third kappa shape index (κ3) is 21.0. The number of nitrogens with one attached hydrogen (secondary N) is 12. The fraction of sp³-hybridized carbons (Fsp3) is 1.00. The minimum absolute atomic E-state index is 0.635. The van der Waals surface area contributed by atoms with Crippen LogP contribution in [0.5, 0.6) is 0 Å². The van der Waals surface area contributed by atoms with Crippen LogP contribution in [0.2, 0.25) is 74.5 Å². The lowest BCUT2D eigenvalue weighted by Crippen LogP contribution is -2.93. The number of hydrogen-bond donors (Lipinski definition) is 12. The molecule has 0 aromatic carbocycles. The van der Waals surface area contributed by atoms with Gasteiger partial charge in [0.1, 0.15) is 0 Å². The van der Waals surface area contributed by atoms with E-state index in [1.54, 1.807) is 28.4 Å². The molecule has 0 bridgehead atoms. The topological polar surface area (TPSA) is 255 Å². The molecule has 0 spiro atoms. The molecule has 24 nitrogen and oxygen atoms in total. The van der Waals surface area contributed by atoms with Crippen molar-refractivity contribution in [1.29, 1.82) is 0 Å². The fourth-order valence-electron chi connectivity index (χ4n) is 10.7. The number of rotatable bonds is 28. The fourth-order valence-corrected chi connectivity index (χ4v) is 81.5. The lowest BCUT2D eigenvalue weighted by molar-refractivity contribution is 0.264. The van der Waals surface area contributed by atoms with Gasteiger partial charge >= 0.3 is 104 Å². The molecule has 0 saturated carbocycles. The highest BCUT2D eigenvalue weighted by Crippen LogP contribution is 2.27. The zero-order valence-electron chi connectivity index (χ0n) is 52.2. The standard InChI is InChI=1S/C16H44N4O4Si4.2C12H36N4O4Si4/c1-9-13-25(21-5)17-26(22-6,14-10-2)19-28(24-8,16-12-4)20-27(18-25,23-7)15-11-3;1-9-17-21(5)13-22(6,18-10-2)15-24(8,20-12-4)16-23(7,14-21)19-11-3;1-9-21(17-5)13-22(10-2,18-6)15-24(12-4,20-8)16-23(11-3,14-21)19-7/h17-20H,9-16H2,1-8H3;2*13-16H,9-12H2,1-8H3. The molecule has 3 heterocycles. The van der Waals surface area contributed by atoms with Crippen molar-refractivity contribution in [1.82, 2.24) is 55.8 Å². The van der Waals surface area contributed by atoms with Crippen molar-refractivity contribution >= 4 is 104 Å². The van der Waals surface area contributed by atoms with Crippen molar-refractivity contribution in [3.8, 4) is 0 Å². The van der Waals surface area contributed by atoms with Crippen LogP contribution in [-0.2, 0) is 53.1 Å². The minimum Gasteiger partial charge on any atom is -0.396 e. The van der Waals surface area contributed by atoms with Crippen molar-refractivity contribution in [2.24, 2.45) is 0 Å². The molecule has 0 atom stereocenters. The molecule has 3 fully saturated rings. The van der Waals surface area contributed by atoms with Gasteiger partial charge in [-0.3, -0.25) is 55.8 Å². The Morgan fingerprint density at radius 3 is 0.474 bits per heavy atom. The predicted molar refractivity (Wildman–Crippen MR) is 335 cm³/mol. The SMILES string of the molecule is CCC[Si]1(OC)N[Si](CCC)(OC)N[Si](CCC)(OC)N[Si](CCC)(OC)N1.CCO[Si]1(C)N[Si](C)(OCC)N[Si](C)(OCC)N[Si](C)(OCC)N1.CC[Si]1(OC)N[Si](CC)(OC)N[Si](CC)(OC)N[Si](CC)(OC)N1. The van der Waals surface area contributed by atoms with Gasteiger partial charge in [0.15, 0.2) is 0 Å². The summed E-state index contributed by atoms with van der Waals surface area (Å²) in [6.07, 6.45) is 4.12. The van der Waals surface area contributed by atoms with E-state index in [0.29, 0.717) is 26.4 Å². The van der Waals surface area contributed by atoms with Crippen molar-refractivity contribution in [2.75, 3.05) is 83.3 Å². The van der Waals surface area contributed by atoms with Crippen LogP contribution in [0.1, 0.15) is 109 Å². The normalized spacial score (nSPS) is 39.5. The largest absolute Gasteiger partial charge is 0.396 e. The van der Waals surface area contributed by atoms with E-state index in [1.165, 1.54) is 0 Å². The Balaban J connectivity index is 0.000000572. The number of hydrogen-bond acceptors (Lipinski definition) is 24. The first kappa shape index (κ1) is 75.7. The maximum atomic E-state index is 6.24. The summed E-state index contributed by atoms with van der Waals surface area (Å²) in [6, 6.07) is 7.29. The second-order valence-electron chi connectivity index (χ2n) is 20.0. The summed E-state index contributed by atoms with van der Waals surface area (Å²) in [4.78, 5) is 0. The molecule has 3 rings (SSSR count). The van der Waals surface area contributed by atoms with Crippen molar-refractivity contribution in [2.45, 2.75) is 183 Å². The molecule has 0 aliphatic carbocycles. The van der Waals surface area contributed by atoms with E-state index in [9.17, 15) is 0 Å². The lowest BCUT2D eigenvalue weighted by atomic mass is 10.6. The summed E-state index contributed by atoms with van der Waals surface area (Å²) in [6.45, 7) is 36.5. The van der Waals surface area contributed by atoms with Gasteiger partial charge in [-0.15, -0.1) is 0 Å². The van der Waals surface area contributed by atoms with E-state index in [1.807, 2.05) is 56.1 Å². The van der Waals surface area contributed by atoms with Crippen LogP contribution in [0.15, 0.2) is 0 Å². The maximum absolute atomic E-state index is 6.24. The summed E-state index contributed by atoms with van der Waals surface area (Å²) in [5.41, 5.74) is 0. The third-order valence-corrected chi connectivity index (χ3v) is 73.0. The van der Waals surface area contributed by atoms with Crippen molar-refractivity contribution < 1.29 is 53.1 Å². The van der Waals surface area contributed by atoms with Crippen molar-refractivity contribution in [3.63, 3.8) is 0 Å². The summed E-state index contributed by atoms with van der Waals surface area (Å²) < 4.78 is 120. The summed E-state index contributed by atoms with van der Waals surface area (Å²) >= 11 is 0. The van der Waals surface area contributed by atoms with E-state index in [-0.39, 0.29) is 0 Å². The zero-order chi connectivity index (χ0) is 58.3. The molecule has 0 aromatic rings. The molecule has 36 heteroatoms. The average molecular weight is 1290 g/mol. The van der Waals surface area contributed by atoms with Gasteiger partial charge in [0.25, 0.3) is 0 Å². The summed E-state index contributed by atoms with van der Waals surface area (Å²) in [5, 5.41) is 0. The van der Waals surface area contributed by atoms with Gasteiger partial charge in [-0.2, -0.15) is 0 Å². The molecule has 0 radical (unpaired) electrons. The Hall–Kier alpha value is 1.64. The Morgan fingerprint density at radius 1 is 0.224 bits per heavy atom. The molecular formula is C40H116N12O12Si12. The molecule has 76 heavy (non-hydrogen) atoms. The van der Waals surface area contributed by atoms with E-state index in [4.69, 9.17) is 53.1 Å². The van der Waals surface area contributed by atoms with Crippen LogP contribution in [0.3, 0.4) is 0 Å². The van der Waals surface area contributed by atoms with Gasteiger partial charge in [0, 0.05) is 83.3 Å². The van der Waals surface area contributed by atoms with Crippen LogP contribution >= 0.6 is 0 Å². The molecule has 0 amide bonds. The Bertz CT molecular complexity index is 1360. The van der Waals surface area contributed by atoms with Gasteiger partial charge in [-0.05, 0) is 102 Å². The average Bonchev–Trinajstić information content (AvgIpc) is 3.36. The van der Waals surface area contributed by atoms with Gasteiger partial charge < -0.3 is 53.1 Å². The molecule has 0 unspecified atom stereocenters. The van der Waals surface area contributed by atoms with Crippen LogP contribution in [0, 0.1) is 0 Å². The first-order chi connectivity index (χ1) is 35.7. The lowest BCUT2D eigenvalue weighted by Gasteiger charge is -2.52. The van der Waals surface area contributed by atoms with E-state index < -0.39 is 104 Å². The third-order valence-electron chi connectivity index (χ3n) is 14.1. The maximum Gasteiger partial charge on any atom is 0.343 e. The van der Waals surface area contributed by atoms with E-state index in [0.717, 1.165) is 74.0 Å². The Kier molecular flexibility index (Phi) is 33.8. The minimum atomic E-state index is -2.51. The van der Waals surface area contributed by atoms with Gasteiger partial charge in [0.05, 0.1) is 0 Å². The van der Waals surface area contributed by atoms with Crippen LogP contribution in [0.4, 0.5) is 0 Å². The van der Waals surface area contributed by atoms with E-state index in [2.05, 4.69) is 137 Å². The summed E-state index contributed by atoms with van der Waals surface area (Å²) in [7, 11) is -15.2. The van der Waals surface area contributed by atoms with Crippen LogP contribution in [-0.4, -0.2) is 187 Å². The van der Waals surface area contributed by atoms with Gasteiger partial charge in [-0.1, -0.05) is 81.1 Å². The summed E-state index contributed by atoms with van der Waals surface area (Å²) in [5.74, 6) is 0. The zero-order valence-corrected chi connectivity index (χ0v) is 64.2. The smallest absolute Gasteiger partial charge is 0.343 e. The molecule has 12 N–H and O–H groups in total. The second kappa shape index (κ2) is 34.0. The van der Waals surface area contributed by atoms with Crippen molar-refractivity contribution in [3.05, 3.63) is 0 Å². The van der Waals surface area contributed by atoms with Crippen LogP contribution in [0.25, 0.3) is 0 Å². The highest BCUT2D eigenvalue weighted by Gasteiger charge is 2.62. The van der Waals surface area contributed by atoms with E-state index >= 15 is 0 Å². The van der Waals surface area contributed by atoms with Gasteiger partial charge in [-0.25, -0.2) is 0 Å². The quantitative estimate of drug-likeness (QED) is 0.0497. The molecule has 0 aromatic heterocycles. The first-order valence-corrected chi connectivity index (χ1v) is 54.7. The molecule has 3 aliphatic heterocycles. The first-order valence-electron chi connectivity index (χ1n) is 28.2. The molecular weight excluding hydrogens is 1180 g/mol. The Morgan fingerprint density at radius 2 is 0.368 bits per heavy atom. The molecule has 3 aliphatic rings. The van der Waals surface area contributed by atoms with Gasteiger partial charge in [0.2, 0.25) is 0 Å². The molecule has 456 valence electrons. The Labute approximate surface area is 476 Å².